The maximum absolute atomic E-state index is 10.4. The topological polar surface area (TPSA) is 75.1 Å². The average Bonchev–Trinajstić information content (AvgIpc) is 3.12. The summed E-state index contributed by atoms with van der Waals surface area (Å²) in [5.41, 5.74) is 0.745. The van der Waals surface area contributed by atoms with Gasteiger partial charge in [-0.3, -0.25) is 4.99 Å². The van der Waals surface area contributed by atoms with Crippen molar-refractivity contribution in [3.05, 3.63) is 35.9 Å². The minimum absolute atomic E-state index is 0. The summed E-state index contributed by atoms with van der Waals surface area (Å²) in [5.74, 6) is 1.96. The summed E-state index contributed by atoms with van der Waals surface area (Å²) < 4.78 is 10.5. The first kappa shape index (κ1) is 21.6. The van der Waals surface area contributed by atoms with E-state index in [4.69, 9.17) is 9.47 Å². The van der Waals surface area contributed by atoms with E-state index in [-0.39, 0.29) is 30.5 Å². The minimum atomic E-state index is -0.707. The Balaban J connectivity index is 0.00000312. The molecule has 1 aliphatic carbocycles. The Hall–Kier alpha value is -1.48. The van der Waals surface area contributed by atoms with E-state index >= 15 is 0 Å². The maximum atomic E-state index is 10.4. The van der Waals surface area contributed by atoms with Gasteiger partial charge >= 0.3 is 0 Å². The van der Waals surface area contributed by atoms with Gasteiger partial charge in [0.05, 0.1) is 26.9 Å². The number of halogens is 1. The summed E-state index contributed by atoms with van der Waals surface area (Å²) in [6.45, 7) is 3.07. The molecule has 6 nitrogen and oxygen atoms in total. The lowest BCUT2D eigenvalue weighted by atomic mass is 10.1. The molecule has 1 aliphatic rings. The highest BCUT2D eigenvalue weighted by Gasteiger charge is 2.14. The molecule has 0 aromatic heterocycles. The number of aliphatic imine (C=N–C) groups is 1. The number of ether oxygens (including phenoxy) is 2. The number of rotatable bonds is 7. The van der Waals surface area contributed by atoms with Crippen LogP contribution in [0.4, 0.5) is 0 Å². The zero-order chi connectivity index (χ0) is 17.4. The van der Waals surface area contributed by atoms with Crippen molar-refractivity contribution in [2.45, 2.75) is 31.9 Å². The SMILES string of the molecule is CCNC(=NCC(O)c1ccc(OC)c(OC)c1)NC1CC=CC1.I. The Morgan fingerprint density at radius 1 is 1.24 bits per heavy atom. The molecule has 0 saturated carbocycles. The summed E-state index contributed by atoms with van der Waals surface area (Å²) in [4.78, 5) is 4.50. The van der Waals surface area contributed by atoms with Crippen molar-refractivity contribution in [2.24, 2.45) is 4.99 Å². The van der Waals surface area contributed by atoms with Crippen LogP contribution in [0.25, 0.3) is 0 Å². The van der Waals surface area contributed by atoms with Crippen LogP contribution in [0, 0.1) is 0 Å². The number of nitrogens with one attached hydrogen (secondary N) is 2. The molecule has 7 heteroatoms. The standard InChI is InChI=1S/C18H27N3O3.HI/c1-4-19-18(21-14-7-5-6-8-14)20-12-15(22)13-9-10-16(23-2)17(11-13)24-3;/h5-6,9-11,14-15,22H,4,7-8,12H2,1-3H3,(H2,19,20,21);1H. The number of guanidine groups is 1. The van der Waals surface area contributed by atoms with Gasteiger partial charge in [-0.1, -0.05) is 18.2 Å². The van der Waals surface area contributed by atoms with E-state index in [1.165, 1.54) is 0 Å². The molecule has 0 aliphatic heterocycles. The van der Waals surface area contributed by atoms with Crippen LogP contribution in [-0.4, -0.2) is 44.4 Å². The van der Waals surface area contributed by atoms with Crippen LogP contribution in [0.1, 0.15) is 31.4 Å². The predicted molar refractivity (Wildman–Crippen MR) is 111 cm³/mol. The molecule has 0 fully saturated rings. The second-order valence-corrected chi connectivity index (χ2v) is 5.63. The third-order valence-electron chi connectivity index (χ3n) is 3.91. The van der Waals surface area contributed by atoms with Crippen LogP contribution in [0.5, 0.6) is 11.5 Å². The van der Waals surface area contributed by atoms with Crippen molar-refractivity contribution < 1.29 is 14.6 Å². The Morgan fingerprint density at radius 3 is 2.52 bits per heavy atom. The van der Waals surface area contributed by atoms with E-state index in [9.17, 15) is 5.11 Å². The molecule has 0 amide bonds. The molecule has 1 unspecified atom stereocenters. The molecule has 140 valence electrons. The van der Waals surface area contributed by atoms with E-state index < -0.39 is 6.10 Å². The van der Waals surface area contributed by atoms with Gasteiger partial charge in [-0.25, -0.2) is 0 Å². The van der Waals surface area contributed by atoms with Crippen molar-refractivity contribution in [2.75, 3.05) is 27.3 Å². The summed E-state index contributed by atoms with van der Waals surface area (Å²) in [5, 5.41) is 17.0. The van der Waals surface area contributed by atoms with E-state index in [0.717, 1.165) is 30.9 Å². The molecule has 0 spiro atoms. The van der Waals surface area contributed by atoms with Crippen molar-refractivity contribution in [3.8, 4) is 11.5 Å². The molecule has 1 atom stereocenters. The Morgan fingerprint density at radius 2 is 1.92 bits per heavy atom. The Labute approximate surface area is 166 Å². The number of benzene rings is 1. The molecule has 0 heterocycles. The molecule has 0 radical (unpaired) electrons. The van der Waals surface area contributed by atoms with Crippen LogP contribution < -0.4 is 20.1 Å². The highest BCUT2D eigenvalue weighted by Crippen LogP contribution is 2.30. The smallest absolute Gasteiger partial charge is 0.191 e. The molecular weight excluding hydrogens is 433 g/mol. The van der Waals surface area contributed by atoms with Gasteiger partial charge in [-0.05, 0) is 37.5 Å². The van der Waals surface area contributed by atoms with E-state index in [1.807, 2.05) is 13.0 Å². The van der Waals surface area contributed by atoms with Gasteiger partial charge < -0.3 is 25.2 Å². The summed E-state index contributed by atoms with van der Waals surface area (Å²) in [7, 11) is 3.17. The second kappa shape index (κ2) is 11.2. The van der Waals surface area contributed by atoms with Gasteiger partial charge in [-0.15, -0.1) is 24.0 Å². The first-order valence-electron chi connectivity index (χ1n) is 8.27. The number of nitrogens with zero attached hydrogens (tertiary/aromatic N) is 1. The fourth-order valence-corrected chi connectivity index (χ4v) is 2.59. The number of hydrogen-bond acceptors (Lipinski definition) is 4. The highest BCUT2D eigenvalue weighted by molar-refractivity contribution is 14.0. The van der Waals surface area contributed by atoms with E-state index in [2.05, 4.69) is 27.8 Å². The first-order valence-corrected chi connectivity index (χ1v) is 8.27. The first-order chi connectivity index (χ1) is 11.7. The number of hydrogen-bond donors (Lipinski definition) is 3. The quantitative estimate of drug-likeness (QED) is 0.252. The molecule has 1 aromatic rings. The molecule has 3 N–H and O–H groups in total. The summed E-state index contributed by atoms with van der Waals surface area (Å²) in [6, 6.07) is 5.76. The molecular formula is C18H28IN3O3. The van der Waals surface area contributed by atoms with Gasteiger partial charge in [0.2, 0.25) is 0 Å². The lowest BCUT2D eigenvalue weighted by Gasteiger charge is -2.18. The van der Waals surface area contributed by atoms with Crippen molar-refractivity contribution in [1.29, 1.82) is 0 Å². The van der Waals surface area contributed by atoms with Crippen molar-refractivity contribution >= 4 is 29.9 Å². The van der Waals surface area contributed by atoms with Gasteiger partial charge in [-0.2, -0.15) is 0 Å². The average molecular weight is 461 g/mol. The van der Waals surface area contributed by atoms with Crippen molar-refractivity contribution in [1.82, 2.24) is 10.6 Å². The zero-order valence-electron chi connectivity index (χ0n) is 15.0. The Kier molecular flexibility index (Phi) is 9.66. The summed E-state index contributed by atoms with van der Waals surface area (Å²) >= 11 is 0. The maximum Gasteiger partial charge on any atom is 0.191 e. The third-order valence-corrected chi connectivity index (χ3v) is 3.91. The normalized spacial score (nSPS) is 15.4. The molecule has 1 aromatic carbocycles. The zero-order valence-corrected chi connectivity index (χ0v) is 17.3. The monoisotopic (exact) mass is 461 g/mol. The fourth-order valence-electron chi connectivity index (χ4n) is 2.59. The van der Waals surface area contributed by atoms with Gasteiger partial charge in [0, 0.05) is 12.6 Å². The fraction of sp³-hybridized carbons (Fsp3) is 0.500. The summed E-state index contributed by atoms with van der Waals surface area (Å²) in [6.07, 6.45) is 5.63. The van der Waals surface area contributed by atoms with E-state index in [1.54, 1.807) is 26.4 Å². The van der Waals surface area contributed by atoms with Gasteiger partial charge in [0.15, 0.2) is 17.5 Å². The van der Waals surface area contributed by atoms with E-state index in [0.29, 0.717) is 17.5 Å². The minimum Gasteiger partial charge on any atom is -0.493 e. The number of methoxy groups -OCH3 is 2. The Bertz CT molecular complexity index is 585. The van der Waals surface area contributed by atoms with Gasteiger partial charge in [0.1, 0.15) is 0 Å². The second-order valence-electron chi connectivity index (χ2n) is 5.63. The number of aliphatic hydroxyl groups is 1. The third kappa shape index (κ3) is 6.39. The largest absolute Gasteiger partial charge is 0.493 e. The van der Waals surface area contributed by atoms with Crippen molar-refractivity contribution in [3.63, 3.8) is 0 Å². The van der Waals surface area contributed by atoms with Crippen LogP contribution in [0.15, 0.2) is 35.3 Å². The van der Waals surface area contributed by atoms with Gasteiger partial charge in [0.25, 0.3) is 0 Å². The predicted octanol–water partition coefficient (Wildman–Crippen LogP) is 2.63. The lowest BCUT2D eigenvalue weighted by molar-refractivity contribution is 0.186. The molecule has 25 heavy (non-hydrogen) atoms. The molecule has 0 saturated heterocycles. The van der Waals surface area contributed by atoms with Crippen LogP contribution in [0.3, 0.4) is 0 Å². The highest BCUT2D eigenvalue weighted by atomic mass is 127. The van der Waals surface area contributed by atoms with Crippen LogP contribution in [-0.2, 0) is 0 Å². The molecule has 2 rings (SSSR count). The lowest BCUT2D eigenvalue weighted by Crippen LogP contribution is -2.42. The molecule has 0 bridgehead atoms. The number of aliphatic hydroxyl groups excluding tert-OH is 1. The van der Waals surface area contributed by atoms with Crippen LogP contribution >= 0.6 is 24.0 Å². The van der Waals surface area contributed by atoms with Crippen LogP contribution in [0.2, 0.25) is 0 Å².